The van der Waals surface area contributed by atoms with Crippen molar-refractivity contribution in [1.29, 1.82) is 0 Å². The van der Waals surface area contributed by atoms with Crippen LogP contribution in [-0.2, 0) is 20.7 Å². The zero-order valence-electron chi connectivity index (χ0n) is 18.0. The number of nitrogens with zero attached hydrogens (tertiary/aromatic N) is 1. The van der Waals surface area contributed by atoms with Crippen LogP contribution < -0.4 is 0 Å². The average Bonchev–Trinajstić information content (AvgIpc) is 2.76. The minimum atomic E-state index is -0.578. The SMILES string of the molecule is CCOC(C(=O)OC1CCN(C)CC1)C(CCc1ccccc1)c1ccccc1.Cl. The number of likely N-dealkylation sites (tertiary alicyclic amines) is 1. The number of esters is 1. The van der Waals surface area contributed by atoms with Crippen molar-refractivity contribution in [3.05, 3.63) is 71.8 Å². The Hall–Kier alpha value is -1.88. The van der Waals surface area contributed by atoms with Crippen molar-refractivity contribution in [2.75, 3.05) is 26.7 Å². The molecule has 0 aromatic heterocycles. The van der Waals surface area contributed by atoms with Crippen LogP contribution in [0.25, 0.3) is 0 Å². The number of hydrogen-bond acceptors (Lipinski definition) is 4. The Morgan fingerprint density at radius 1 is 1.03 bits per heavy atom. The second-order valence-corrected chi connectivity index (χ2v) is 7.86. The van der Waals surface area contributed by atoms with Crippen molar-refractivity contribution in [3.63, 3.8) is 0 Å². The van der Waals surface area contributed by atoms with Gasteiger partial charge >= 0.3 is 5.97 Å². The Morgan fingerprint density at radius 2 is 1.63 bits per heavy atom. The Bertz CT molecular complexity index is 733. The average molecular weight is 432 g/mol. The van der Waals surface area contributed by atoms with Gasteiger partial charge in [-0.1, -0.05) is 60.7 Å². The van der Waals surface area contributed by atoms with Crippen molar-refractivity contribution in [3.8, 4) is 0 Å². The number of hydrogen-bond donors (Lipinski definition) is 0. The number of halogens is 1. The summed E-state index contributed by atoms with van der Waals surface area (Å²) in [5.41, 5.74) is 2.40. The molecule has 1 fully saturated rings. The van der Waals surface area contributed by atoms with Crippen molar-refractivity contribution in [1.82, 2.24) is 4.90 Å². The molecule has 1 aliphatic rings. The Labute approximate surface area is 187 Å². The maximum atomic E-state index is 13.1. The van der Waals surface area contributed by atoms with E-state index >= 15 is 0 Å². The summed E-state index contributed by atoms with van der Waals surface area (Å²) in [6.07, 6.45) is 2.92. The molecule has 2 unspecified atom stereocenters. The van der Waals surface area contributed by atoms with Gasteiger partial charge in [0.15, 0.2) is 6.10 Å². The van der Waals surface area contributed by atoms with Gasteiger partial charge in [0.2, 0.25) is 0 Å². The highest BCUT2D eigenvalue weighted by molar-refractivity contribution is 5.85. The first-order valence-electron chi connectivity index (χ1n) is 10.8. The first-order chi connectivity index (χ1) is 14.2. The van der Waals surface area contributed by atoms with Gasteiger partial charge in [0, 0.05) is 25.6 Å². The van der Waals surface area contributed by atoms with E-state index in [2.05, 4.69) is 48.3 Å². The topological polar surface area (TPSA) is 38.8 Å². The highest BCUT2D eigenvalue weighted by Crippen LogP contribution is 2.29. The van der Waals surface area contributed by atoms with Gasteiger partial charge in [-0.3, -0.25) is 0 Å². The predicted molar refractivity (Wildman–Crippen MR) is 123 cm³/mol. The van der Waals surface area contributed by atoms with Crippen LogP contribution in [0.2, 0.25) is 0 Å². The third-order valence-electron chi connectivity index (χ3n) is 5.71. The summed E-state index contributed by atoms with van der Waals surface area (Å²) in [6.45, 7) is 4.36. The molecule has 164 valence electrons. The summed E-state index contributed by atoms with van der Waals surface area (Å²) in [5.74, 6) is -0.251. The number of piperidine rings is 1. The zero-order chi connectivity index (χ0) is 20.5. The van der Waals surface area contributed by atoms with E-state index in [1.54, 1.807) is 0 Å². The van der Waals surface area contributed by atoms with E-state index in [0.717, 1.165) is 44.3 Å². The highest BCUT2D eigenvalue weighted by atomic mass is 35.5. The van der Waals surface area contributed by atoms with Gasteiger partial charge in [-0.25, -0.2) is 4.79 Å². The Morgan fingerprint density at radius 3 is 2.23 bits per heavy atom. The first kappa shape index (κ1) is 24.4. The van der Waals surface area contributed by atoms with Crippen LogP contribution in [0.4, 0.5) is 0 Å². The number of ether oxygens (including phenoxy) is 2. The van der Waals surface area contributed by atoms with Crippen LogP contribution in [0.5, 0.6) is 0 Å². The molecular weight excluding hydrogens is 398 g/mol. The lowest BCUT2D eigenvalue weighted by Crippen LogP contribution is -2.40. The molecule has 1 saturated heterocycles. The van der Waals surface area contributed by atoms with E-state index in [-0.39, 0.29) is 30.4 Å². The summed E-state index contributed by atoms with van der Waals surface area (Å²) in [7, 11) is 2.11. The van der Waals surface area contributed by atoms with E-state index in [0.29, 0.717) is 6.61 Å². The summed E-state index contributed by atoms with van der Waals surface area (Å²) in [6, 6.07) is 20.6. The maximum absolute atomic E-state index is 13.1. The van der Waals surface area contributed by atoms with Gasteiger partial charge < -0.3 is 14.4 Å². The minimum absolute atomic E-state index is 0. The molecule has 0 spiro atoms. The largest absolute Gasteiger partial charge is 0.460 e. The monoisotopic (exact) mass is 431 g/mol. The minimum Gasteiger partial charge on any atom is -0.460 e. The summed E-state index contributed by atoms with van der Waals surface area (Å²) < 4.78 is 11.9. The third-order valence-corrected chi connectivity index (χ3v) is 5.71. The zero-order valence-corrected chi connectivity index (χ0v) is 18.9. The molecule has 0 N–H and O–H groups in total. The van der Waals surface area contributed by atoms with E-state index < -0.39 is 6.10 Å². The normalized spacial score (nSPS) is 17.0. The molecule has 0 amide bonds. The van der Waals surface area contributed by atoms with Gasteiger partial charge in [0.25, 0.3) is 0 Å². The molecule has 30 heavy (non-hydrogen) atoms. The molecule has 2 aromatic rings. The van der Waals surface area contributed by atoms with E-state index in [9.17, 15) is 4.79 Å². The fraction of sp³-hybridized carbons (Fsp3) is 0.480. The van der Waals surface area contributed by atoms with Crippen LogP contribution in [0.15, 0.2) is 60.7 Å². The molecule has 1 aliphatic heterocycles. The summed E-state index contributed by atoms with van der Waals surface area (Å²) >= 11 is 0. The molecule has 4 nitrogen and oxygen atoms in total. The number of aryl methyl sites for hydroxylation is 1. The second kappa shape index (κ2) is 12.7. The Kier molecular flexibility index (Phi) is 10.4. The lowest BCUT2D eigenvalue weighted by atomic mass is 9.87. The fourth-order valence-corrected chi connectivity index (χ4v) is 4.02. The molecular formula is C25H34ClNO3. The van der Waals surface area contributed by atoms with Crippen LogP contribution in [-0.4, -0.2) is 49.8 Å². The molecule has 0 radical (unpaired) electrons. The van der Waals surface area contributed by atoms with E-state index in [4.69, 9.17) is 9.47 Å². The number of benzene rings is 2. The van der Waals surface area contributed by atoms with E-state index in [1.807, 2.05) is 31.2 Å². The van der Waals surface area contributed by atoms with Crippen LogP contribution in [0.1, 0.15) is 43.2 Å². The van der Waals surface area contributed by atoms with Gasteiger partial charge in [-0.05, 0) is 50.8 Å². The molecule has 1 heterocycles. The number of rotatable bonds is 9. The smallest absolute Gasteiger partial charge is 0.336 e. The Balaban J connectivity index is 0.00000320. The molecule has 2 aromatic carbocycles. The fourth-order valence-electron chi connectivity index (χ4n) is 4.02. The summed E-state index contributed by atoms with van der Waals surface area (Å²) in [4.78, 5) is 15.4. The van der Waals surface area contributed by atoms with Crippen molar-refractivity contribution in [2.45, 2.75) is 50.7 Å². The molecule has 0 saturated carbocycles. The summed E-state index contributed by atoms with van der Waals surface area (Å²) in [5, 5.41) is 0. The maximum Gasteiger partial charge on any atom is 0.336 e. The molecule has 5 heteroatoms. The van der Waals surface area contributed by atoms with Crippen molar-refractivity contribution < 1.29 is 14.3 Å². The van der Waals surface area contributed by atoms with Gasteiger partial charge in [-0.2, -0.15) is 0 Å². The molecule has 0 aliphatic carbocycles. The predicted octanol–water partition coefficient (Wildman–Crippen LogP) is 4.87. The van der Waals surface area contributed by atoms with Gasteiger partial charge in [0.05, 0.1) is 0 Å². The third kappa shape index (κ3) is 7.12. The van der Waals surface area contributed by atoms with Gasteiger partial charge in [-0.15, -0.1) is 12.4 Å². The molecule has 0 bridgehead atoms. The van der Waals surface area contributed by atoms with Crippen LogP contribution in [0, 0.1) is 0 Å². The van der Waals surface area contributed by atoms with E-state index in [1.165, 1.54) is 5.56 Å². The van der Waals surface area contributed by atoms with Crippen LogP contribution in [0.3, 0.4) is 0 Å². The highest BCUT2D eigenvalue weighted by Gasteiger charge is 2.33. The lowest BCUT2D eigenvalue weighted by molar-refractivity contribution is -0.166. The number of carbonyl (C=O) groups is 1. The molecule has 2 atom stereocenters. The quantitative estimate of drug-likeness (QED) is 0.531. The first-order valence-corrected chi connectivity index (χ1v) is 10.8. The van der Waals surface area contributed by atoms with Crippen molar-refractivity contribution in [2.24, 2.45) is 0 Å². The molecule has 3 rings (SSSR count). The van der Waals surface area contributed by atoms with Gasteiger partial charge in [0.1, 0.15) is 6.10 Å². The van der Waals surface area contributed by atoms with Crippen LogP contribution >= 0.6 is 12.4 Å². The lowest BCUT2D eigenvalue weighted by Gasteiger charge is -2.31. The number of carbonyl (C=O) groups excluding carboxylic acids is 1. The van der Waals surface area contributed by atoms with Crippen molar-refractivity contribution >= 4 is 18.4 Å². The standard InChI is InChI=1S/C25H33NO3.ClH/c1-3-28-24(25(27)29-22-16-18-26(2)19-17-22)23(21-12-8-5-9-13-21)15-14-20-10-6-4-7-11-20;/h4-13,22-24H,3,14-19H2,1-2H3;1H. The second-order valence-electron chi connectivity index (χ2n) is 7.86.